The molecule has 4 heteroatoms. The van der Waals surface area contributed by atoms with Gasteiger partial charge in [-0.3, -0.25) is 4.98 Å². The molecular weight excluding hydrogens is 219 g/mol. The van der Waals surface area contributed by atoms with Crippen LogP contribution in [-0.2, 0) is 4.74 Å². The zero-order valence-corrected chi connectivity index (χ0v) is 10.4. The maximum Gasteiger partial charge on any atom is 0.148 e. The Kier molecular flexibility index (Phi) is 6.43. The second kappa shape index (κ2) is 7.92. The van der Waals surface area contributed by atoms with Crippen LogP contribution in [0.1, 0.15) is 18.9 Å². The predicted octanol–water partition coefficient (Wildman–Crippen LogP) is 2.25. The lowest BCUT2D eigenvalue weighted by molar-refractivity contribution is 0.199. The van der Waals surface area contributed by atoms with E-state index in [0.717, 1.165) is 25.1 Å². The minimum absolute atomic E-state index is 0.270. The highest BCUT2D eigenvalue weighted by Gasteiger charge is 2.02. The summed E-state index contributed by atoms with van der Waals surface area (Å²) in [7, 11) is 1.68. The molecule has 0 atom stereocenters. The molecule has 17 heavy (non-hydrogen) atoms. The molecule has 3 nitrogen and oxygen atoms in total. The Balaban J connectivity index is 2.37. The van der Waals surface area contributed by atoms with Crippen LogP contribution in [0.2, 0.25) is 0 Å². The third kappa shape index (κ3) is 5.06. The van der Waals surface area contributed by atoms with Crippen molar-refractivity contribution in [3.63, 3.8) is 0 Å². The van der Waals surface area contributed by atoms with Crippen molar-refractivity contribution >= 4 is 5.57 Å². The van der Waals surface area contributed by atoms with Crippen molar-refractivity contribution in [3.05, 3.63) is 35.9 Å². The molecule has 0 fully saturated rings. The van der Waals surface area contributed by atoms with Crippen molar-refractivity contribution in [1.82, 2.24) is 10.3 Å². The van der Waals surface area contributed by atoms with Gasteiger partial charge < -0.3 is 10.1 Å². The summed E-state index contributed by atoms with van der Waals surface area (Å²) in [6, 6.07) is 1.69. The molecule has 1 aromatic heterocycles. The molecule has 0 aromatic carbocycles. The lowest BCUT2D eigenvalue weighted by Crippen LogP contribution is -2.19. The van der Waals surface area contributed by atoms with Crippen LogP contribution in [0.4, 0.5) is 4.39 Å². The summed E-state index contributed by atoms with van der Waals surface area (Å²) in [5, 5.41) is 3.23. The molecule has 0 bridgehead atoms. The van der Waals surface area contributed by atoms with Gasteiger partial charge in [0.05, 0.1) is 12.8 Å². The molecule has 1 N–H and O–H groups in total. The number of hydrogen-bond donors (Lipinski definition) is 1. The van der Waals surface area contributed by atoms with Crippen LogP contribution < -0.4 is 5.32 Å². The summed E-state index contributed by atoms with van der Waals surface area (Å²) in [6.07, 6.45) is 5.74. The van der Waals surface area contributed by atoms with Gasteiger partial charge in [0.2, 0.25) is 0 Å². The standard InChI is InChI=1S/C13H19FN2O/c1-11(4-3-6-15-8-9-17-2)12-5-7-16-10-13(12)14/h4-5,7,10,15H,3,6,8-9H2,1-2H3/b11-4-. The summed E-state index contributed by atoms with van der Waals surface area (Å²) in [5.41, 5.74) is 1.57. The van der Waals surface area contributed by atoms with Gasteiger partial charge in [0.25, 0.3) is 0 Å². The summed E-state index contributed by atoms with van der Waals surface area (Å²) in [5.74, 6) is -0.270. The zero-order chi connectivity index (χ0) is 12.5. The summed E-state index contributed by atoms with van der Waals surface area (Å²) in [4.78, 5) is 3.73. The Morgan fingerprint density at radius 3 is 3.06 bits per heavy atom. The van der Waals surface area contributed by atoms with Gasteiger partial charge in [-0.05, 0) is 31.5 Å². The Labute approximate surface area is 102 Å². The molecule has 0 unspecified atom stereocenters. The van der Waals surface area contributed by atoms with Crippen LogP contribution in [0.3, 0.4) is 0 Å². The van der Waals surface area contributed by atoms with Crippen molar-refractivity contribution in [3.8, 4) is 0 Å². The van der Waals surface area contributed by atoms with E-state index < -0.39 is 0 Å². The van der Waals surface area contributed by atoms with Crippen molar-refractivity contribution < 1.29 is 9.13 Å². The van der Waals surface area contributed by atoms with Crippen LogP contribution in [0.15, 0.2) is 24.5 Å². The Morgan fingerprint density at radius 2 is 2.35 bits per heavy atom. The van der Waals surface area contributed by atoms with E-state index in [0.29, 0.717) is 12.2 Å². The van der Waals surface area contributed by atoms with Gasteiger partial charge in [-0.1, -0.05) is 6.08 Å². The molecule has 1 aromatic rings. The third-order valence-corrected chi connectivity index (χ3v) is 2.45. The third-order valence-electron chi connectivity index (χ3n) is 2.45. The fraction of sp³-hybridized carbons (Fsp3) is 0.462. The SMILES string of the molecule is COCCNCC/C=C(/C)c1ccncc1F. The van der Waals surface area contributed by atoms with Gasteiger partial charge in [0.15, 0.2) is 0 Å². The topological polar surface area (TPSA) is 34.1 Å². The highest BCUT2D eigenvalue weighted by atomic mass is 19.1. The first kappa shape index (κ1) is 13.8. The van der Waals surface area contributed by atoms with Crippen LogP contribution in [0, 0.1) is 5.82 Å². The monoisotopic (exact) mass is 238 g/mol. The average Bonchev–Trinajstić information content (AvgIpc) is 2.34. The summed E-state index contributed by atoms with van der Waals surface area (Å²) >= 11 is 0. The van der Waals surface area contributed by atoms with Gasteiger partial charge in [-0.25, -0.2) is 4.39 Å². The molecule has 1 heterocycles. The lowest BCUT2D eigenvalue weighted by atomic mass is 10.1. The Bertz CT molecular complexity index is 366. The number of nitrogens with one attached hydrogen (secondary N) is 1. The van der Waals surface area contributed by atoms with Gasteiger partial charge in [0.1, 0.15) is 5.82 Å². The molecular formula is C13H19FN2O. The largest absolute Gasteiger partial charge is 0.383 e. The van der Waals surface area contributed by atoms with E-state index in [1.807, 2.05) is 13.0 Å². The number of ether oxygens (including phenoxy) is 1. The normalized spacial score (nSPS) is 11.8. The predicted molar refractivity (Wildman–Crippen MR) is 67.2 cm³/mol. The number of methoxy groups -OCH3 is 1. The molecule has 0 radical (unpaired) electrons. The highest BCUT2D eigenvalue weighted by Crippen LogP contribution is 2.16. The summed E-state index contributed by atoms with van der Waals surface area (Å²) < 4.78 is 18.3. The molecule has 0 saturated carbocycles. The van der Waals surface area contributed by atoms with Crippen molar-refractivity contribution in [2.24, 2.45) is 0 Å². The number of halogens is 1. The number of allylic oxidation sites excluding steroid dienone is 1. The molecule has 0 amide bonds. The van der Waals surface area contributed by atoms with Gasteiger partial charge in [-0.2, -0.15) is 0 Å². The second-order valence-corrected chi connectivity index (χ2v) is 3.77. The number of aromatic nitrogens is 1. The fourth-order valence-corrected chi connectivity index (χ4v) is 1.49. The maximum absolute atomic E-state index is 13.4. The first-order chi connectivity index (χ1) is 8.25. The fourth-order valence-electron chi connectivity index (χ4n) is 1.49. The highest BCUT2D eigenvalue weighted by molar-refractivity contribution is 5.63. The quantitative estimate of drug-likeness (QED) is 0.740. The van der Waals surface area contributed by atoms with E-state index >= 15 is 0 Å². The number of nitrogens with zero attached hydrogens (tertiary/aromatic N) is 1. The maximum atomic E-state index is 13.4. The molecule has 0 aliphatic heterocycles. The van der Waals surface area contributed by atoms with E-state index in [1.165, 1.54) is 6.20 Å². The van der Waals surface area contributed by atoms with Crippen LogP contribution in [0.5, 0.6) is 0 Å². The van der Waals surface area contributed by atoms with Crippen molar-refractivity contribution in [2.45, 2.75) is 13.3 Å². The Hall–Kier alpha value is -1.26. The lowest BCUT2D eigenvalue weighted by Gasteiger charge is -2.04. The van der Waals surface area contributed by atoms with Gasteiger partial charge in [0, 0.05) is 25.4 Å². The first-order valence-corrected chi connectivity index (χ1v) is 5.72. The number of hydrogen-bond acceptors (Lipinski definition) is 3. The molecule has 0 saturated heterocycles. The second-order valence-electron chi connectivity index (χ2n) is 3.77. The van der Waals surface area contributed by atoms with Crippen LogP contribution in [0.25, 0.3) is 5.57 Å². The van der Waals surface area contributed by atoms with E-state index in [2.05, 4.69) is 10.3 Å². The van der Waals surface area contributed by atoms with Crippen molar-refractivity contribution in [1.29, 1.82) is 0 Å². The Morgan fingerprint density at radius 1 is 1.53 bits per heavy atom. The number of pyridine rings is 1. The van der Waals surface area contributed by atoms with Crippen LogP contribution >= 0.6 is 0 Å². The smallest absolute Gasteiger partial charge is 0.148 e. The van der Waals surface area contributed by atoms with Gasteiger partial charge >= 0.3 is 0 Å². The van der Waals surface area contributed by atoms with E-state index in [9.17, 15) is 4.39 Å². The van der Waals surface area contributed by atoms with Crippen LogP contribution in [-0.4, -0.2) is 31.8 Å². The minimum Gasteiger partial charge on any atom is -0.383 e. The average molecular weight is 238 g/mol. The molecule has 0 aliphatic carbocycles. The van der Waals surface area contributed by atoms with E-state index in [4.69, 9.17) is 4.74 Å². The zero-order valence-electron chi connectivity index (χ0n) is 10.4. The molecule has 0 aliphatic rings. The minimum atomic E-state index is -0.270. The first-order valence-electron chi connectivity index (χ1n) is 5.72. The van der Waals surface area contributed by atoms with Crippen molar-refractivity contribution in [2.75, 3.05) is 26.8 Å². The molecule has 1 rings (SSSR count). The molecule has 94 valence electrons. The summed E-state index contributed by atoms with van der Waals surface area (Å²) in [6.45, 7) is 4.33. The molecule has 0 spiro atoms. The van der Waals surface area contributed by atoms with E-state index in [1.54, 1.807) is 19.4 Å². The number of rotatable bonds is 7. The van der Waals surface area contributed by atoms with Gasteiger partial charge in [-0.15, -0.1) is 0 Å². The van der Waals surface area contributed by atoms with E-state index in [-0.39, 0.29) is 5.82 Å².